The van der Waals surface area contributed by atoms with Gasteiger partial charge in [0.15, 0.2) is 0 Å². The van der Waals surface area contributed by atoms with Gasteiger partial charge in [0.2, 0.25) is 0 Å². The molecule has 0 aromatic rings. The zero-order chi connectivity index (χ0) is 6.78. The Bertz CT molecular complexity index is 65.4. The van der Waals surface area contributed by atoms with Crippen LogP contribution in [0.3, 0.4) is 0 Å². The van der Waals surface area contributed by atoms with Crippen molar-refractivity contribution in [3.63, 3.8) is 0 Å². The van der Waals surface area contributed by atoms with Crippen molar-refractivity contribution >= 4 is 15.9 Å². The molecule has 0 radical (unpaired) electrons. The van der Waals surface area contributed by atoms with Gasteiger partial charge >= 0.3 is 0 Å². The number of hydrogen-bond acceptors (Lipinski definition) is 1. The first-order valence-electron chi connectivity index (χ1n) is 2.75. The minimum atomic E-state index is 0.295. The average molecular weight is 180 g/mol. The topological polar surface area (TPSA) is 3.24 Å². The molecule has 0 heterocycles. The maximum atomic E-state index is 3.38. The van der Waals surface area contributed by atoms with Gasteiger partial charge in [-0.1, -0.05) is 15.9 Å². The summed E-state index contributed by atoms with van der Waals surface area (Å²) in [5.41, 5.74) is 1.24. The van der Waals surface area contributed by atoms with Gasteiger partial charge in [-0.3, -0.25) is 4.90 Å². The van der Waals surface area contributed by atoms with Gasteiger partial charge in [-0.05, 0) is 27.8 Å². The van der Waals surface area contributed by atoms with Gasteiger partial charge in [0.05, 0.1) is 5.45 Å². The maximum Gasteiger partial charge on any atom is 0.0544 e. The predicted octanol–water partition coefficient (Wildman–Crippen LogP) is 2.07. The molecule has 0 saturated carbocycles. The highest BCUT2D eigenvalue weighted by Gasteiger charge is 2.14. The van der Waals surface area contributed by atoms with Crippen LogP contribution >= 0.6 is 15.9 Å². The van der Waals surface area contributed by atoms with Crippen LogP contribution in [0.15, 0.2) is 0 Å². The van der Waals surface area contributed by atoms with Crippen molar-refractivity contribution in [2.24, 2.45) is 0 Å². The van der Waals surface area contributed by atoms with Gasteiger partial charge in [0.25, 0.3) is 0 Å². The van der Waals surface area contributed by atoms with Crippen LogP contribution in [0, 0.1) is 0 Å². The van der Waals surface area contributed by atoms with Crippen molar-refractivity contribution in [1.29, 1.82) is 0 Å². The highest BCUT2D eigenvalue weighted by atomic mass is 79.9. The third-order valence-corrected chi connectivity index (χ3v) is 2.08. The lowest BCUT2D eigenvalue weighted by Crippen LogP contribution is -2.36. The van der Waals surface area contributed by atoms with E-state index in [-0.39, 0.29) is 0 Å². The molecule has 0 aliphatic carbocycles. The Kier molecular flexibility index (Phi) is 2.99. The van der Waals surface area contributed by atoms with Crippen molar-refractivity contribution < 1.29 is 0 Å². The largest absolute Gasteiger partial charge is 0.292 e. The van der Waals surface area contributed by atoms with E-state index < -0.39 is 0 Å². The second-order valence-corrected chi connectivity index (χ2v) is 3.49. The molecule has 0 atom stereocenters. The van der Waals surface area contributed by atoms with Crippen LogP contribution in [-0.4, -0.2) is 22.9 Å². The molecule has 0 amide bonds. The summed E-state index contributed by atoms with van der Waals surface area (Å²) in [4.78, 5) is 2.23. The van der Waals surface area contributed by atoms with E-state index in [0.29, 0.717) is 5.54 Å². The molecule has 0 fully saturated rings. The summed E-state index contributed by atoms with van der Waals surface area (Å²) in [6, 6.07) is 0. The van der Waals surface area contributed by atoms with Gasteiger partial charge in [-0.15, -0.1) is 0 Å². The molecule has 0 aliphatic heterocycles. The van der Waals surface area contributed by atoms with Crippen molar-refractivity contribution in [3.05, 3.63) is 0 Å². The third-order valence-electron chi connectivity index (χ3n) is 1.32. The number of alkyl halides is 1. The maximum absolute atomic E-state index is 3.38. The van der Waals surface area contributed by atoms with Crippen LogP contribution in [0.5, 0.6) is 0 Å². The second kappa shape index (κ2) is 2.83. The number of rotatable bonds is 1. The highest BCUT2D eigenvalue weighted by Crippen LogP contribution is 2.10. The first kappa shape index (κ1) is 8.44. The van der Waals surface area contributed by atoms with E-state index in [4.69, 9.17) is 0 Å². The molecule has 0 N–H and O–H groups in total. The summed E-state index contributed by atoms with van der Waals surface area (Å²) in [5, 5.41) is 0. The lowest BCUT2D eigenvalue weighted by atomic mass is 10.1. The third kappa shape index (κ3) is 2.68. The molecule has 2 heteroatoms. The highest BCUT2D eigenvalue weighted by molar-refractivity contribution is 9.09. The van der Waals surface area contributed by atoms with Crippen molar-refractivity contribution in [2.75, 3.05) is 12.5 Å². The summed E-state index contributed by atoms with van der Waals surface area (Å²) in [6.45, 7) is 6.57. The normalized spacial score (nSPS) is 12.8. The summed E-state index contributed by atoms with van der Waals surface area (Å²) < 4.78 is 0. The fourth-order valence-electron chi connectivity index (χ4n) is 0.179. The first-order chi connectivity index (χ1) is 3.48. The van der Waals surface area contributed by atoms with E-state index in [0.717, 1.165) is 5.45 Å². The summed E-state index contributed by atoms with van der Waals surface area (Å²) in [5.74, 6) is 0. The van der Waals surface area contributed by atoms with E-state index in [1.165, 1.54) is 0 Å². The quantitative estimate of drug-likeness (QED) is 0.441. The Hall–Kier alpha value is 0.440. The molecule has 0 aromatic carbocycles. The van der Waals surface area contributed by atoms with Crippen molar-refractivity contribution in [3.8, 4) is 0 Å². The predicted molar refractivity (Wildman–Crippen MR) is 41.3 cm³/mol. The van der Waals surface area contributed by atoms with Crippen molar-refractivity contribution in [1.82, 2.24) is 4.90 Å². The summed E-state index contributed by atoms with van der Waals surface area (Å²) >= 11 is 3.38. The fraction of sp³-hybridized carbons (Fsp3) is 1.00. The molecule has 0 unspecified atom stereocenters. The van der Waals surface area contributed by atoms with Crippen LogP contribution < -0.4 is 0 Å². The Morgan fingerprint density at radius 1 is 1.38 bits per heavy atom. The Balaban J connectivity index is 3.62. The molecule has 1 nitrogen and oxygen atoms in total. The number of hydrogen-bond donors (Lipinski definition) is 0. The standard InChI is InChI=1S/C6H14BrN/c1-6(2,3)8(4)5-7/h5H2,1-4H3. The molecule has 0 aromatic heterocycles. The second-order valence-electron chi connectivity index (χ2n) is 2.99. The monoisotopic (exact) mass is 179 g/mol. The van der Waals surface area contributed by atoms with Gasteiger partial charge in [0, 0.05) is 5.54 Å². The minimum absolute atomic E-state index is 0.295. The van der Waals surface area contributed by atoms with Crippen molar-refractivity contribution in [2.45, 2.75) is 26.3 Å². The minimum Gasteiger partial charge on any atom is -0.292 e. The lowest BCUT2D eigenvalue weighted by Gasteiger charge is -2.29. The van der Waals surface area contributed by atoms with E-state index in [1.54, 1.807) is 0 Å². The zero-order valence-electron chi connectivity index (χ0n) is 6.03. The fourth-order valence-corrected chi connectivity index (χ4v) is 0.932. The zero-order valence-corrected chi connectivity index (χ0v) is 7.62. The lowest BCUT2D eigenvalue weighted by molar-refractivity contribution is 0.211. The number of halogens is 1. The Labute approximate surface area is 60.2 Å². The van der Waals surface area contributed by atoms with E-state index in [2.05, 4.69) is 48.6 Å². The molecule has 50 valence electrons. The van der Waals surface area contributed by atoms with Crippen LogP contribution in [0.4, 0.5) is 0 Å². The molecule has 0 aliphatic rings. The van der Waals surface area contributed by atoms with Gasteiger partial charge < -0.3 is 0 Å². The molecule has 0 rings (SSSR count). The van der Waals surface area contributed by atoms with E-state index >= 15 is 0 Å². The van der Waals surface area contributed by atoms with Crippen LogP contribution in [0.2, 0.25) is 0 Å². The Morgan fingerprint density at radius 3 is 1.75 bits per heavy atom. The molecule has 0 saturated heterocycles. The average Bonchev–Trinajstić information content (AvgIpc) is 1.62. The van der Waals surface area contributed by atoms with Gasteiger partial charge in [-0.2, -0.15) is 0 Å². The van der Waals surface area contributed by atoms with E-state index in [1.807, 2.05) is 0 Å². The van der Waals surface area contributed by atoms with E-state index in [9.17, 15) is 0 Å². The smallest absolute Gasteiger partial charge is 0.0544 e. The molecular weight excluding hydrogens is 166 g/mol. The van der Waals surface area contributed by atoms with Crippen LogP contribution in [-0.2, 0) is 0 Å². The SMILES string of the molecule is CN(CBr)C(C)(C)C. The van der Waals surface area contributed by atoms with Gasteiger partial charge in [0.1, 0.15) is 0 Å². The number of nitrogens with zero attached hydrogens (tertiary/aromatic N) is 1. The molecule has 0 spiro atoms. The molecular formula is C6H14BrN. The molecule has 0 bridgehead atoms. The van der Waals surface area contributed by atoms with Gasteiger partial charge in [-0.25, -0.2) is 0 Å². The summed E-state index contributed by atoms with van der Waals surface area (Å²) in [7, 11) is 2.09. The van der Waals surface area contributed by atoms with Crippen LogP contribution in [0.25, 0.3) is 0 Å². The summed E-state index contributed by atoms with van der Waals surface area (Å²) in [6.07, 6.45) is 0. The molecule has 8 heavy (non-hydrogen) atoms. The first-order valence-corrected chi connectivity index (χ1v) is 3.88. The Morgan fingerprint density at radius 2 is 1.75 bits per heavy atom. The van der Waals surface area contributed by atoms with Crippen LogP contribution in [0.1, 0.15) is 20.8 Å².